The molecule has 0 radical (unpaired) electrons. The highest BCUT2D eigenvalue weighted by molar-refractivity contribution is 8.00. The number of urea groups is 1. The second kappa shape index (κ2) is 10.1. The van der Waals surface area contributed by atoms with Gasteiger partial charge in [0.2, 0.25) is 0 Å². The van der Waals surface area contributed by atoms with Gasteiger partial charge in [-0.15, -0.1) is 0 Å². The largest absolute Gasteiger partial charge is 0.493 e. The van der Waals surface area contributed by atoms with Crippen LogP contribution in [0.25, 0.3) is 0 Å². The number of rotatable bonds is 8. The molecule has 0 atom stereocenters. The highest BCUT2D eigenvalue weighted by atomic mass is 32.2. The van der Waals surface area contributed by atoms with Crippen molar-refractivity contribution in [3.63, 3.8) is 0 Å². The number of thioether (sulfide) groups is 1. The first-order chi connectivity index (χ1) is 13.3. The van der Waals surface area contributed by atoms with Gasteiger partial charge in [0.15, 0.2) is 11.5 Å². The topological polar surface area (TPSA) is 59.6 Å². The maximum Gasteiger partial charge on any atom is 0.446 e. The molecule has 0 heterocycles. The van der Waals surface area contributed by atoms with E-state index in [9.17, 15) is 18.0 Å². The molecular weight excluding hydrogens is 393 g/mol. The third kappa shape index (κ3) is 7.22. The second-order valence-electron chi connectivity index (χ2n) is 5.62. The zero-order valence-electron chi connectivity index (χ0n) is 15.4. The smallest absolute Gasteiger partial charge is 0.446 e. The molecule has 0 aliphatic rings. The standard InChI is InChI=1S/C19H21F3N2O3S/c1-3-27-16-8-7-13(11-17(16)26-2)9-10-23-18(25)24-14-5-4-6-15(12-14)28-19(20,21)22/h4-8,11-12H,3,9-10H2,1-2H3,(H2,23,24,25). The van der Waals surface area contributed by atoms with Crippen molar-refractivity contribution in [2.24, 2.45) is 0 Å². The molecule has 0 unspecified atom stereocenters. The summed E-state index contributed by atoms with van der Waals surface area (Å²) in [4.78, 5) is 12.0. The number of amides is 2. The van der Waals surface area contributed by atoms with Crippen LogP contribution < -0.4 is 20.1 Å². The van der Waals surface area contributed by atoms with E-state index >= 15 is 0 Å². The van der Waals surface area contributed by atoms with Crippen LogP contribution in [0.2, 0.25) is 0 Å². The van der Waals surface area contributed by atoms with Crippen LogP contribution in [-0.2, 0) is 6.42 Å². The molecule has 2 aromatic carbocycles. The molecule has 2 amide bonds. The number of ether oxygens (including phenoxy) is 2. The molecule has 2 aromatic rings. The normalized spacial score (nSPS) is 11.0. The number of nitrogens with one attached hydrogen (secondary N) is 2. The first-order valence-electron chi connectivity index (χ1n) is 8.51. The highest BCUT2D eigenvalue weighted by Crippen LogP contribution is 2.37. The number of halogens is 3. The lowest BCUT2D eigenvalue weighted by atomic mass is 10.1. The van der Waals surface area contributed by atoms with Crippen LogP contribution in [0, 0.1) is 0 Å². The van der Waals surface area contributed by atoms with Crippen molar-refractivity contribution in [3.05, 3.63) is 48.0 Å². The van der Waals surface area contributed by atoms with Crippen molar-refractivity contribution >= 4 is 23.5 Å². The molecule has 5 nitrogen and oxygen atoms in total. The van der Waals surface area contributed by atoms with E-state index in [1.807, 2.05) is 25.1 Å². The SMILES string of the molecule is CCOc1ccc(CCNC(=O)Nc2cccc(SC(F)(F)F)c2)cc1OC. The number of benzene rings is 2. The van der Waals surface area contributed by atoms with Gasteiger partial charge < -0.3 is 20.1 Å². The molecule has 0 fully saturated rings. The molecule has 0 spiro atoms. The molecule has 152 valence electrons. The first-order valence-corrected chi connectivity index (χ1v) is 9.32. The lowest BCUT2D eigenvalue weighted by Gasteiger charge is -2.12. The minimum atomic E-state index is -4.38. The predicted molar refractivity (Wildman–Crippen MR) is 103 cm³/mol. The van der Waals surface area contributed by atoms with Crippen LogP contribution >= 0.6 is 11.8 Å². The van der Waals surface area contributed by atoms with Crippen molar-refractivity contribution in [1.29, 1.82) is 0 Å². The summed E-state index contributed by atoms with van der Waals surface area (Å²) in [7, 11) is 1.55. The van der Waals surface area contributed by atoms with E-state index in [2.05, 4.69) is 10.6 Å². The number of hydrogen-bond acceptors (Lipinski definition) is 4. The number of hydrogen-bond donors (Lipinski definition) is 2. The fraction of sp³-hybridized carbons (Fsp3) is 0.316. The van der Waals surface area contributed by atoms with Crippen LogP contribution in [0.15, 0.2) is 47.4 Å². The zero-order valence-corrected chi connectivity index (χ0v) is 16.2. The minimum Gasteiger partial charge on any atom is -0.493 e. The molecule has 0 aliphatic heterocycles. The Kier molecular flexibility index (Phi) is 7.86. The number of alkyl halides is 3. The number of carbonyl (C=O) groups is 1. The molecular formula is C19H21F3N2O3S. The number of methoxy groups -OCH3 is 1. The average molecular weight is 414 g/mol. The summed E-state index contributed by atoms with van der Waals surface area (Å²) in [6.07, 6.45) is 0.556. The molecule has 0 saturated carbocycles. The molecule has 2 rings (SSSR count). The Hall–Kier alpha value is -2.55. The Balaban J connectivity index is 1.85. The molecule has 0 aromatic heterocycles. The summed E-state index contributed by atoms with van der Waals surface area (Å²) >= 11 is -0.229. The molecule has 9 heteroatoms. The maximum absolute atomic E-state index is 12.4. The Bertz CT molecular complexity index is 800. The molecule has 0 saturated heterocycles. The lowest BCUT2D eigenvalue weighted by molar-refractivity contribution is -0.0328. The van der Waals surface area contributed by atoms with E-state index in [0.29, 0.717) is 31.1 Å². The lowest BCUT2D eigenvalue weighted by Crippen LogP contribution is -2.30. The van der Waals surface area contributed by atoms with Crippen molar-refractivity contribution in [2.75, 3.05) is 25.6 Å². The number of anilines is 1. The molecule has 0 aliphatic carbocycles. The third-order valence-electron chi connectivity index (χ3n) is 3.55. The van der Waals surface area contributed by atoms with Crippen molar-refractivity contribution in [3.8, 4) is 11.5 Å². The van der Waals surface area contributed by atoms with Gasteiger partial charge in [-0.25, -0.2) is 4.79 Å². The van der Waals surface area contributed by atoms with Gasteiger partial charge in [0, 0.05) is 17.1 Å². The third-order valence-corrected chi connectivity index (χ3v) is 4.27. The Morgan fingerprint density at radius 1 is 1.14 bits per heavy atom. The second-order valence-corrected chi connectivity index (χ2v) is 6.76. The van der Waals surface area contributed by atoms with Crippen LogP contribution in [0.5, 0.6) is 11.5 Å². The van der Waals surface area contributed by atoms with Crippen molar-refractivity contribution in [2.45, 2.75) is 23.7 Å². The van der Waals surface area contributed by atoms with Gasteiger partial charge in [-0.2, -0.15) is 13.2 Å². The average Bonchev–Trinajstić information content (AvgIpc) is 2.62. The van der Waals surface area contributed by atoms with Crippen LogP contribution in [0.3, 0.4) is 0 Å². The quantitative estimate of drug-likeness (QED) is 0.592. The van der Waals surface area contributed by atoms with E-state index in [1.165, 1.54) is 24.3 Å². The van der Waals surface area contributed by atoms with Gasteiger partial charge in [-0.3, -0.25) is 0 Å². The van der Waals surface area contributed by atoms with E-state index in [0.717, 1.165) is 5.56 Å². The summed E-state index contributed by atoms with van der Waals surface area (Å²) in [6.45, 7) is 2.76. The van der Waals surface area contributed by atoms with Gasteiger partial charge in [0.25, 0.3) is 0 Å². The summed E-state index contributed by atoms with van der Waals surface area (Å²) in [5, 5.41) is 5.20. The van der Waals surface area contributed by atoms with Gasteiger partial charge in [0.1, 0.15) is 0 Å². The minimum absolute atomic E-state index is 0.00628. The first kappa shape index (κ1) is 21.7. The van der Waals surface area contributed by atoms with Crippen LogP contribution in [0.4, 0.5) is 23.7 Å². The fourth-order valence-corrected chi connectivity index (χ4v) is 3.01. The van der Waals surface area contributed by atoms with Gasteiger partial charge >= 0.3 is 11.5 Å². The van der Waals surface area contributed by atoms with Crippen molar-refractivity contribution < 1.29 is 27.4 Å². The van der Waals surface area contributed by atoms with Crippen molar-refractivity contribution in [1.82, 2.24) is 5.32 Å². The Labute approximate surface area is 165 Å². The number of carbonyl (C=O) groups excluding carboxylic acids is 1. The zero-order chi connectivity index (χ0) is 20.6. The van der Waals surface area contributed by atoms with Gasteiger partial charge in [0.05, 0.1) is 13.7 Å². The van der Waals surface area contributed by atoms with Gasteiger partial charge in [-0.1, -0.05) is 12.1 Å². The summed E-state index contributed by atoms with van der Waals surface area (Å²) in [6, 6.07) is 10.6. The highest BCUT2D eigenvalue weighted by Gasteiger charge is 2.29. The van der Waals surface area contributed by atoms with E-state index in [4.69, 9.17) is 9.47 Å². The summed E-state index contributed by atoms with van der Waals surface area (Å²) < 4.78 is 48.0. The predicted octanol–water partition coefficient (Wildman–Crippen LogP) is 5.07. The van der Waals surface area contributed by atoms with Crippen LogP contribution in [-0.4, -0.2) is 31.8 Å². The molecule has 0 bridgehead atoms. The monoisotopic (exact) mass is 414 g/mol. The fourth-order valence-electron chi connectivity index (χ4n) is 2.41. The van der Waals surface area contributed by atoms with E-state index in [1.54, 1.807) is 7.11 Å². The Morgan fingerprint density at radius 3 is 2.61 bits per heavy atom. The van der Waals surface area contributed by atoms with E-state index in [-0.39, 0.29) is 22.3 Å². The van der Waals surface area contributed by atoms with Crippen LogP contribution in [0.1, 0.15) is 12.5 Å². The molecule has 2 N–H and O–H groups in total. The van der Waals surface area contributed by atoms with E-state index < -0.39 is 11.5 Å². The summed E-state index contributed by atoms with van der Waals surface area (Å²) in [5.74, 6) is 1.26. The summed E-state index contributed by atoms with van der Waals surface area (Å²) in [5.41, 5.74) is -3.14. The molecule has 28 heavy (non-hydrogen) atoms. The van der Waals surface area contributed by atoms with Gasteiger partial charge in [-0.05, 0) is 61.0 Å². The Morgan fingerprint density at radius 2 is 1.93 bits per heavy atom. The maximum atomic E-state index is 12.4.